The van der Waals surface area contributed by atoms with E-state index in [0.717, 1.165) is 54.5 Å². The van der Waals surface area contributed by atoms with Gasteiger partial charge in [-0.1, -0.05) is 6.07 Å². The van der Waals surface area contributed by atoms with E-state index in [9.17, 15) is 4.79 Å². The molecule has 0 amide bonds. The number of nitrogens with zero attached hydrogens (tertiary/aromatic N) is 3. The van der Waals surface area contributed by atoms with Crippen LogP contribution < -0.4 is 14.8 Å². The number of carbonyl (C=O) groups is 1. The summed E-state index contributed by atoms with van der Waals surface area (Å²) in [4.78, 5) is 18.9. The van der Waals surface area contributed by atoms with Crippen molar-refractivity contribution >= 4 is 29.0 Å². The van der Waals surface area contributed by atoms with E-state index < -0.39 is 0 Å². The molecule has 0 unspecified atom stereocenters. The van der Waals surface area contributed by atoms with E-state index in [2.05, 4.69) is 19.8 Å². The predicted octanol–water partition coefficient (Wildman–Crippen LogP) is 4.70. The first kappa shape index (κ1) is 25.5. The van der Waals surface area contributed by atoms with Gasteiger partial charge in [0.15, 0.2) is 5.11 Å². The molecule has 1 fully saturated rings. The number of imidazole rings is 1. The highest BCUT2D eigenvalue weighted by Gasteiger charge is 2.25. The summed E-state index contributed by atoms with van der Waals surface area (Å²) >= 11 is 5.67. The number of hydrogen-bond acceptors (Lipinski definition) is 6. The van der Waals surface area contributed by atoms with Gasteiger partial charge < -0.3 is 29.0 Å². The summed E-state index contributed by atoms with van der Waals surface area (Å²) in [6, 6.07) is 13.1. The van der Waals surface area contributed by atoms with Crippen molar-refractivity contribution in [3.8, 4) is 11.5 Å². The lowest BCUT2D eigenvalue weighted by molar-refractivity contribution is 0.0526. The van der Waals surface area contributed by atoms with Crippen molar-refractivity contribution in [2.75, 3.05) is 39.2 Å². The molecule has 9 heteroatoms. The molecule has 1 saturated heterocycles. The molecule has 8 nitrogen and oxygen atoms in total. The Morgan fingerprint density at radius 2 is 1.83 bits per heavy atom. The fraction of sp³-hybridized carbons (Fsp3) is 0.370. The number of anilines is 1. The third-order valence-corrected chi connectivity index (χ3v) is 6.64. The van der Waals surface area contributed by atoms with Crippen LogP contribution in [0.4, 0.5) is 5.69 Å². The van der Waals surface area contributed by atoms with Gasteiger partial charge in [0.25, 0.3) is 0 Å². The largest absolute Gasteiger partial charge is 0.497 e. The summed E-state index contributed by atoms with van der Waals surface area (Å²) in [5, 5.41) is 3.92. The normalized spacial score (nSPS) is 13.8. The molecule has 3 aromatic rings. The third kappa shape index (κ3) is 6.15. The number of likely N-dealkylation sites (tertiary alicyclic amines) is 1. The zero-order chi connectivity index (χ0) is 25.5. The maximum Gasteiger partial charge on any atom is 0.338 e. The maximum absolute atomic E-state index is 12.0. The van der Waals surface area contributed by atoms with Crippen LogP contribution in [0.1, 0.15) is 47.4 Å². The zero-order valence-electron chi connectivity index (χ0n) is 20.9. The Morgan fingerprint density at radius 1 is 1.11 bits per heavy atom. The fourth-order valence-electron chi connectivity index (χ4n) is 4.45. The van der Waals surface area contributed by atoms with Crippen LogP contribution in [-0.4, -0.2) is 59.4 Å². The van der Waals surface area contributed by atoms with E-state index >= 15 is 0 Å². The van der Waals surface area contributed by atoms with Crippen LogP contribution in [0.15, 0.2) is 54.9 Å². The SMILES string of the molecule is CCOC(=O)c1cccc(NC(=S)N2CCC(c3nccn3Cc3cc(OC)cc(OC)c3)CC2)c1. The number of aromatic nitrogens is 2. The molecule has 2 aromatic carbocycles. The quantitative estimate of drug-likeness (QED) is 0.347. The van der Waals surface area contributed by atoms with Gasteiger partial charge in [-0.15, -0.1) is 0 Å². The number of hydrogen-bond donors (Lipinski definition) is 1. The van der Waals surface area contributed by atoms with Crippen molar-refractivity contribution in [1.29, 1.82) is 0 Å². The number of methoxy groups -OCH3 is 2. The van der Waals surface area contributed by atoms with Crippen molar-refractivity contribution in [2.45, 2.75) is 32.2 Å². The number of thiocarbonyl (C=S) groups is 1. The van der Waals surface area contributed by atoms with Gasteiger partial charge >= 0.3 is 5.97 Å². The van der Waals surface area contributed by atoms with Crippen LogP contribution in [0.5, 0.6) is 11.5 Å². The Balaban J connectivity index is 1.36. The summed E-state index contributed by atoms with van der Waals surface area (Å²) in [5.41, 5.74) is 2.37. The Labute approximate surface area is 217 Å². The lowest BCUT2D eigenvalue weighted by atomic mass is 9.96. The lowest BCUT2D eigenvalue weighted by Gasteiger charge is -2.33. The number of nitrogens with one attached hydrogen (secondary N) is 1. The second-order valence-electron chi connectivity index (χ2n) is 8.63. The van der Waals surface area contributed by atoms with E-state index in [4.69, 9.17) is 26.4 Å². The third-order valence-electron chi connectivity index (χ3n) is 6.28. The minimum Gasteiger partial charge on any atom is -0.497 e. The molecule has 36 heavy (non-hydrogen) atoms. The first-order valence-electron chi connectivity index (χ1n) is 12.1. The summed E-state index contributed by atoms with van der Waals surface area (Å²) < 4.78 is 18.1. The molecule has 0 bridgehead atoms. The highest BCUT2D eigenvalue weighted by Crippen LogP contribution is 2.29. The van der Waals surface area contributed by atoms with E-state index in [1.54, 1.807) is 33.3 Å². The summed E-state index contributed by atoms with van der Waals surface area (Å²) in [6.07, 6.45) is 5.78. The van der Waals surface area contributed by atoms with E-state index in [0.29, 0.717) is 29.7 Å². The number of rotatable bonds is 8. The average molecular weight is 509 g/mol. The van der Waals surface area contributed by atoms with Crippen LogP contribution in [0.2, 0.25) is 0 Å². The average Bonchev–Trinajstić information content (AvgIpc) is 3.36. The minimum atomic E-state index is -0.337. The van der Waals surface area contributed by atoms with E-state index in [-0.39, 0.29) is 5.97 Å². The molecule has 1 aliphatic rings. The molecule has 0 saturated carbocycles. The molecular weight excluding hydrogens is 476 g/mol. The Kier molecular flexibility index (Phi) is 8.43. The van der Waals surface area contributed by atoms with Crippen molar-refractivity contribution in [1.82, 2.24) is 14.5 Å². The highest BCUT2D eigenvalue weighted by molar-refractivity contribution is 7.80. The number of carbonyl (C=O) groups excluding carboxylic acids is 1. The van der Waals surface area contributed by atoms with Crippen LogP contribution in [0.25, 0.3) is 0 Å². The maximum atomic E-state index is 12.0. The number of ether oxygens (including phenoxy) is 3. The molecule has 0 aliphatic carbocycles. The molecular formula is C27H32N4O4S. The van der Waals surface area contributed by atoms with E-state index in [1.807, 2.05) is 42.7 Å². The van der Waals surface area contributed by atoms with Crippen LogP contribution in [0.3, 0.4) is 0 Å². The molecule has 4 rings (SSSR count). The zero-order valence-corrected chi connectivity index (χ0v) is 21.7. The van der Waals surface area contributed by atoms with Gasteiger partial charge in [0.05, 0.1) is 26.4 Å². The van der Waals surface area contributed by atoms with Gasteiger partial charge in [-0.05, 0) is 67.9 Å². The van der Waals surface area contributed by atoms with Crippen molar-refractivity contribution in [3.63, 3.8) is 0 Å². The Morgan fingerprint density at radius 3 is 2.50 bits per heavy atom. The van der Waals surface area contributed by atoms with Crippen molar-refractivity contribution in [2.24, 2.45) is 0 Å². The number of benzene rings is 2. The summed E-state index contributed by atoms with van der Waals surface area (Å²) in [5.74, 6) is 2.63. The molecule has 1 aliphatic heterocycles. The standard InChI is InChI=1S/C27H32N4O4S/c1-4-35-26(32)21-6-5-7-22(16-21)29-27(36)30-11-8-20(9-12-30)25-28-10-13-31(25)18-19-14-23(33-2)17-24(15-19)34-3/h5-7,10,13-17,20H,4,8-9,11-12,18H2,1-3H3,(H,29,36). The monoisotopic (exact) mass is 508 g/mol. The fourth-order valence-corrected chi connectivity index (χ4v) is 4.75. The Hall–Kier alpha value is -3.59. The predicted molar refractivity (Wildman–Crippen MR) is 143 cm³/mol. The minimum absolute atomic E-state index is 0.337. The van der Waals surface area contributed by atoms with Gasteiger partial charge in [0.1, 0.15) is 17.3 Å². The highest BCUT2D eigenvalue weighted by atomic mass is 32.1. The van der Waals surface area contributed by atoms with Crippen molar-refractivity contribution < 1.29 is 19.0 Å². The van der Waals surface area contributed by atoms with Gasteiger partial charge in [0.2, 0.25) is 0 Å². The molecule has 2 heterocycles. The smallest absolute Gasteiger partial charge is 0.338 e. The molecule has 1 aromatic heterocycles. The molecule has 190 valence electrons. The Bertz CT molecular complexity index is 1180. The second kappa shape index (κ2) is 11.9. The van der Waals surface area contributed by atoms with Gasteiger partial charge in [0, 0.05) is 49.7 Å². The van der Waals surface area contributed by atoms with E-state index in [1.165, 1.54) is 0 Å². The topological polar surface area (TPSA) is 77.9 Å². The first-order chi connectivity index (χ1) is 17.5. The van der Waals surface area contributed by atoms with Gasteiger partial charge in [-0.2, -0.15) is 0 Å². The molecule has 0 atom stereocenters. The number of esters is 1. The second-order valence-corrected chi connectivity index (χ2v) is 9.01. The summed E-state index contributed by atoms with van der Waals surface area (Å²) in [6.45, 7) is 4.48. The molecule has 1 N–H and O–H groups in total. The van der Waals surface area contributed by atoms with Crippen LogP contribution in [-0.2, 0) is 11.3 Å². The first-order valence-corrected chi connectivity index (χ1v) is 12.5. The lowest BCUT2D eigenvalue weighted by Crippen LogP contribution is -2.40. The van der Waals surface area contributed by atoms with Crippen LogP contribution in [0, 0.1) is 0 Å². The molecule has 0 radical (unpaired) electrons. The van der Waals surface area contributed by atoms with Crippen LogP contribution >= 0.6 is 12.2 Å². The van der Waals surface area contributed by atoms with Gasteiger partial charge in [-0.25, -0.2) is 9.78 Å². The molecule has 0 spiro atoms. The summed E-state index contributed by atoms with van der Waals surface area (Å²) in [7, 11) is 3.32. The number of piperidine rings is 1. The van der Waals surface area contributed by atoms with Gasteiger partial charge in [-0.3, -0.25) is 0 Å². The van der Waals surface area contributed by atoms with Crippen molar-refractivity contribution in [3.05, 3.63) is 71.8 Å².